The lowest BCUT2D eigenvalue weighted by Crippen LogP contribution is -2.10. The summed E-state index contributed by atoms with van der Waals surface area (Å²) in [6.45, 7) is 0.907. The van der Waals surface area contributed by atoms with Gasteiger partial charge in [0.15, 0.2) is 11.6 Å². The van der Waals surface area contributed by atoms with Crippen molar-refractivity contribution in [2.45, 2.75) is 6.54 Å². The van der Waals surface area contributed by atoms with Crippen molar-refractivity contribution in [3.63, 3.8) is 0 Å². The van der Waals surface area contributed by atoms with Crippen molar-refractivity contribution >= 4 is 23.3 Å². The van der Waals surface area contributed by atoms with Gasteiger partial charge in [0.1, 0.15) is 0 Å². The molecule has 0 bridgehead atoms. The third-order valence-electron chi connectivity index (χ3n) is 2.05. The second-order valence-corrected chi connectivity index (χ2v) is 2.95. The lowest BCUT2D eigenvalue weighted by molar-refractivity contribution is 0.517. The fourth-order valence-corrected chi connectivity index (χ4v) is 1.39. The first-order chi connectivity index (χ1) is 6.74. The Morgan fingerprint density at radius 1 is 1.33 bits per heavy atom. The molecule has 0 saturated heterocycles. The molecule has 0 aliphatic carbocycles. The van der Waals surface area contributed by atoms with E-state index in [9.17, 15) is 8.78 Å². The minimum atomic E-state index is -0.857. The van der Waals surface area contributed by atoms with Gasteiger partial charge in [-0.2, -0.15) is 5.10 Å². The van der Waals surface area contributed by atoms with Gasteiger partial charge in [-0.15, -0.1) is 12.4 Å². The van der Waals surface area contributed by atoms with Gasteiger partial charge in [0, 0.05) is 6.54 Å². The number of fused-ring (bicyclic) bond motifs is 1. The van der Waals surface area contributed by atoms with Gasteiger partial charge in [0.25, 0.3) is 0 Å². The molecule has 0 saturated carbocycles. The number of hydrogen-bond acceptors (Lipinski definition) is 2. The monoisotopic (exact) mass is 233 g/mol. The largest absolute Gasteiger partial charge is 0.329 e. The molecule has 2 aromatic rings. The molecular weight excluding hydrogens is 224 g/mol. The first-order valence-corrected chi connectivity index (χ1v) is 4.23. The topological polar surface area (TPSA) is 43.8 Å². The zero-order valence-electron chi connectivity index (χ0n) is 7.78. The first-order valence-electron chi connectivity index (χ1n) is 4.23. The van der Waals surface area contributed by atoms with Crippen LogP contribution in [0.5, 0.6) is 0 Å². The van der Waals surface area contributed by atoms with E-state index in [-0.39, 0.29) is 17.8 Å². The van der Waals surface area contributed by atoms with E-state index < -0.39 is 11.6 Å². The van der Waals surface area contributed by atoms with Crippen LogP contribution in [0.1, 0.15) is 0 Å². The second-order valence-electron chi connectivity index (χ2n) is 2.95. The maximum absolute atomic E-state index is 13.2. The zero-order valence-corrected chi connectivity index (χ0v) is 8.60. The van der Waals surface area contributed by atoms with E-state index in [2.05, 4.69) is 5.10 Å². The lowest BCUT2D eigenvalue weighted by atomic mass is 10.2. The zero-order chi connectivity index (χ0) is 10.1. The fourth-order valence-electron chi connectivity index (χ4n) is 1.39. The molecule has 0 amide bonds. The molecule has 15 heavy (non-hydrogen) atoms. The van der Waals surface area contributed by atoms with E-state index in [4.69, 9.17) is 5.73 Å². The minimum Gasteiger partial charge on any atom is -0.329 e. The summed E-state index contributed by atoms with van der Waals surface area (Å²) < 4.78 is 27.6. The summed E-state index contributed by atoms with van der Waals surface area (Å²) in [5.74, 6) is -1.71. The number of halogens is 3. The van der Waals surface area contributed by atoms with Crippen LogP contribution < -0.4 is 5.73 Å². The van der Waals surface area contributed by atoms with Crippen molar-refractivity contribution in [2.24, 2.45) is 5.73 Å². The third-order valence-corrected chi connectivity index (χ3v) is 2.05. The normalized spacial score (nSPS) is 10.3. The maximum Gasteiger partial charge on any atom is 0.169 e. The summed E-state index contributed by atoms with van der Waals surface area (Å²) in [4.78, 5) is 0. The van der Waals surface area contributed by atoms with Crippen molar-refractivity contribution in [2.75, 3.05) is 6.54 Å². The Balaban J connectivity index is 0.00000112. The summed E-state index contributed by atoms with van der Waals surface area (Å²) >= 11 is 0. The average molecular weight is 234 g/mol. The molecule has 82 valence electrons. The quantitative estimate of drug-likeness (QED) is 0.858. The van der Waals surface area contributed by atoms with Crippen molar-refractivity contribution in [1.82, 2.24) is 9.78 Å². The van der Waals surface area contributed by atoms with Gasteiger partial charge >= 0.3 is 0 Å². The molecule has 0 fully saturated rings. The predicted molar refractivity (Wildman–Crippen MR) is 56.0 cm³/mol. The van der Waals surface area contributed by atoms with Crippen LogP contribution in [-0.4, -0.2) is 16.3 Å². The van der Waals surface area contributed by atoms with Gasteiger partial charge < -0.3 is 5.73 Å². The standard InChI is InChI=1S/C9H9F2N3.ClH/c10-7-1-2-8-6(9(7)11)5-13-14(8)4-3-12;/h1-2,5H,3-4,12H2;1H. The van der Waals surface area contributed by atoms with Crippen molar-refractivity contribution in [1.29, 1.82) is 0 Å². The van der Waals surface area contributed by atoms with E-state index in [0.29, 0.717) is 18.6 Å². The molecule has 1 aromatic carbocycles. The van der Waals surface area contributed by atoms with Crippen molar-refractivity contribution < 1.29 is 8.78 Å². The highest BCUT2D eigenvalue weighted by molar-refractivity contribution is 5.85. The van der Waals surface area contributed by atoms with Crippen LogP contribution in [0.2, 0.25) is 0 Å². The van der Waals surface area contributed by atoms with Gasteiger partial charge in [0.2, 0.25) is 0 Å². The fraction of sp³-hybridized carbons (Fsp3) is 0.222. The summed E-state index contributed by atoms with van der Waals surface area (Å²) in [6.07, 6.45) is 1.31. The van der Waals surface area contributed by atoms with Gasteiger partial charge in [-0.05, 0) is 12.1 Å². The summed E-state index contributed by atoms with van der Waals surface area (Å²) in [6, 6.07) is 2.59. The van der Waals surface area contributed by atoms with Gasteiger partial charge in [-0.25, -0.2) is 8.78 Å². The van der Waals surface area contributed by atoms with Crippen molar-refractivity contribution in [3.05, 3.63) is 30.0 Å². The molecule has 0 aliphatic heterocycles. The Morgan fingerprint density at radius 2 is 2.07 bits per heavy atom. The SMILES string of the molecule is Cl.NCCn1ncc2c(F)c(F)ccc21. The smallest absolute Gasteiger partial charge is 0.169 e. The van der Waals surface area contributed by atoms with Gasteiger partial charge in [0.05, 0.1) is 23.6 Å². The third kappa shape index (κ3) is 1.93. The second kappa shape index (κ2) is 4.55. The number of rotatable bonds is 2. The molecule has 2 rings (SSSR count). The number of nitrogens with zero attached hydrogens (tertiary/aromatic N) is 2. The Bertz CT molecular complexity index is 470. The summed E-state index contributed by atoms with van der Waals surface area (Å²) in [5, 5.41) is 4.11. The highest BCUT2D eigenvalue weighted by Crippen LogP contribution is 2.19. The minimum absolute atomic E-state index is 0. The highest BCUT2D eigenvalue weighted by atomic mass is 35.5. The first kappa shape index (κ1) is 11.9. The summed E-state index contributed by atoms with van der Waals surface area (Å²) in [5.41, 5.74) is 5.91. The summed E-state index contributed by atoms with van der Waals surface area (Å²) in [7, 11) is 0. The van der Waals surface area contributed by atoms with E-state index in [0.717, 1.165) is 6.07 Å². The Morgan fingerprint density at radius 3 is 2.73 bits per heavy atom. The number of hydrogen-bond donors (Lipinski definition) is 1. The van der Waals surface area contributed by atoms with Gasteiger partial charge in [-0.3, -0.25) is 4.68 Å². The predicted octanol–water partition coefficient (Wildman–Crippen LogP) is 1.70. The molecule has 0 spiro atoms. The van der Waals surface area contributed by atoms with E-state index in [1.807, 2.05) is 0 Å². The molecule has 1 aromatic heterocycles. The molecule has 0 aliphatic rings. The lowest BCUT2D eigenvalue weighted by Gasteiger charge is -2.00. The van der Waals surface area contributed by atoms with Crippen molar-refractivity contribution in [3.8, 4) is 0 Å². The van der Waals surface area contributed by atoms with E-state index in [1.165, 1.54) is 12.3 Å². The molecule has 2 N–H and O–H groups in total. The van der Waals surface area contributed by atoms with Crippen LogP contribution in [0.3, 0.4) is 0 Å². The van der Waals surface area contributed by atoms with Crippen LogP contribution in [0.4, 0.5) is 8.78 Å². The van der Waals surface area contributed by atoms with Crippen LogP contribution in [-0.2, 0) is 6.54 Å². The number of benzene rings is 1. The Hall–Kier alpha value is -1.20. The van der Waals surface area contributed by atoms with Crippen LogP contribution >= 0.6 is 12.4 Å². The van der Waals surface area contributed by atoms with Crippen LogP contribution in [0.15, 0.2) is 18.3 Å². The highest BCUT2D eigenvalue weighted by Gasteiger charge is 2.10. The maximum atomic E-state index is 13.2. The molecule has 3 nitrogen and oxygen atoms in total. The molecule has 0 unspecified atom stereocenters. The Labute approximate surface area is 91.3 Å². The molecule has 0 atom stereocenters. The molecule has 1 heterocycles. The van der Waals surface area contributed by atoms with Crippen LogP contribution in [0.25, 0.3) is 10.9 Å². The van der Waals surface area contributed by atoms with E-state index in [1.54, 1.807) is 4.68 Å². The molecule has 0 radical (unpaired) electrons. The van der Waals surface area contributed by atoms with Gasteiger partial charge in [-0.1, -0.05) is 0 Å². The molecule has 6 heteroatoms. The number of aromatic nitrogens is 2. The number of nitrogens with two attached hydrogens (primary N) is 1. The van der Waals surface area contributed by atoms with Crippen LogP contribution in [0, 0.1) is 11.6 Å². The average Bonchev–Trinajstić information content (AvgIpc) is 2.57. The van der Waals surface area contributed by atoms with E-state index >= 15 is 0 Å². The molecular formula is C9H10ClF2N3. The Kier molecular flexibility index (Phi) is 3.60.